The molecule has 3 rings (SSSR count). The first kappa shape index (κ1) is 19.8. The number of amides is 3. The van der Waals surface area contributed by atoms with Crippen LogP contribution in [0, 0.1) is 19.7 Å². The normalized spacial score (nSPS) is 15.5. The molecule has 0 unspecified atom stereocenters. The Morgan fingerprint density at radius 1 is 1.29 bits per heavy atom. The van der Waals surface area contributed by atoms with Crippen LogP contribution in [0.2, 0.25) is 0 Å². The second kappa shape index (κ2) is 8.39. The lowest BCUT2D eigenvalue weighted by atomic mass is 10.1. The molecular formula is C19H18FN3O4S. The number of carbonyl (C=O) groups is 3. The molecule has 2 aromatic rings. The molecule has 0 radical (unpaired) electrons. The molecule has 1 aromatic heterocycles. The summed E-state index contributed by atoms with van der Waals surface area (Å²) in [5.41, 5.74) is 2.01. The number of thioether (sulfide) groups is 1. The van der Waals surface area contributed by atoms with Gasteiger partial charge in [0.1, 0.15) is 11.6 Å². The summed E-state index contributed by atoms with van der Waals surface area (Å²) in [5, 5.41) is 6.08. The summed E-state index contributed by atoms with van der Waals surface area (Å²) < 4.78 is 18.0. The largest absolute Gasteiger partial charge is 0.361 e. The molecule has 0 aliphatic carbocycles. The van der Waals surface area contributed by atoms with E-state index in [0.717, 1.165) is 22.2 Å². The number of nitrogens with one attached hydrogen (secondary N) is 1. The number of halogens is 1. The molecular weight excluding hydrogens is 385 g/mol. The van der Waals surface area contributed by atoms with E-state index >= 15 is 0 Å². The lowest BCUT2D eigenvalue weighted by Crippen LogP contribution is -2.37. The molecule has 2 heterocycles. The van der Waals surface area contributed by atoms with E-state index in [2.05, 4.69) is 10.5 Å². The molecule has 0 bridgehead atoms. The van der Waals surface area contributed by atoms with E-state index in [9.17, 15) is 18.8 Å². The van der Waals surface area contributed by atoms with Gasteiger partial charge < -0.3 is 9.84 Å². The van der Waals surface area contributed by atoms with Crippen LogP contribution < -0.4 is 5.32 Å². The molecule has 1 aliphatic rings. The summed E-state index contributed by atoms with van der Waals surface area (Å²) in [4.78, 5) is 37.9. The number of nitrogens with zero attached hydrogens (tertiary/aromatic N) is 2. The van der Waals surface area contributed by atoms with Gasteiger partial charge in [-0.2, -0.15) is 0 Å². The van der Waals surface area contributed by atoms with Crippen molar-refractivity contribution in [2.24, 2.45) is 0 Å². The van der Waals surface area contributed by atoms with Gasteiger partial charge in [-0.15, -0.1) is 0 Å². The molecule has 1 N–H and O–H groups in total. The first-order valence-electron chi connectivity index (χ1n) is 8.54. The van der Waals surface area contributed by atoms with Gasteiger partial charge in [0.25, 0.3) is 11.1 Å². The highest BCUT2D eigenvalue weighted by Gasteiger charge is 2.34. The van der Waals surface area contributed by atoms with Crippen molar-refractivity contribution in [3.05, 3.63) is 57.6 Å². The smallest absolute Gasteiger partial charge is 0.293 e. The first-order valence-corrected chi connectivity index (χ1v) is 9.36. The molecule has 146 valence electrons. The fourth-order valence-electron chi connectivity index (χ4n) is 2.69. The van der Waals surface area contributed by atoms with Crippen LogP contribution in [-0.4, -0.2) is 40.2 Å². The number of imide groups is 1. The van der Waals surface area contributed by atoms with Gasteiger partial charge in [0.05, 0.1) is 17.0 Å². The number of aromatic nitrogens is 1. The second-order valence-corrected chi connectivity index (χ2v) is 7.21. The third-order valence-corrected chi connectivity index (χ3v) is 5.12. The zero-order valence-corrected chi connectivity index (χ0v) is 16.1. The minimum absolute atomic E-state index is 0.0682. The van der Waals surface area contributed by atoms with E-state index < -0.39 is 11.1 Å². The van der Waals surface area contributed by atoms with E-state index in [4.69, 9.17) is 4.52 Å². The quantitative estimate of drug-likeness (QED) is 0.746. The molecule has 3 amide bonds. The number of rotatable bonds is 6. The minimum atomic E-state index is -0.431. The third kappa shape index (κ3) is 4.48. The van der Waals surface area contributed by atoms with Crippen LogP contribution in [0.5, 0.6) is 0 Å². The van der Waals surface area contributed by atoms with E-state index in [1.807, 2.05) is 0 Å². The Morgan fingerprint density at radius 3 is 2.64 bits per heavy atom. The number of carbonyl (C=O) groups excluding carboxylic acids is 3. The van der Waals surface area contributed by atoms with Crippen molar-refractivity contribution in [1.82, 2.24) is 15.4 Å². The zero-order valence-electron chi connectivity index (χ0n) is 15.3. The van der Waals surface area contributed by atoms with Crippen LogP contribution in [0.25, 0.3) is 6.08 Å². The van der Waals surface area contributed by atoms with Crippen molar-refractivity contribution in [1.29, 1.82) is 0 Å². The molecule has 9 heteroatoms. The summed E-state index contributed by atoms with van der Waals surface area (Å²) in [7, 11) is 0. The number of aryl methyl sites for hydroxylation is 2. The summed E-state index contributed by atoms with van der Waals surface area (Å²) in [6, 6.07) is 5.62. The van der Waals surface area contributed by atoms with Gasteiger partial charge in [0, 0.05) is 18.7 Å². The summed E-state index contributed by atoms with van der Waals surface area (Å²) in [6.07, 6.45) is 1.66. The van der Waals surface area contributed by atoms with Gasteiger partial charge in [0.15, 0.2) is 0 Å². The van der Waals surface area contributed by atoms with Crippen molar-refractivity contribution in [2.45, 2.75) is 20.3 Å². The predicted octanol–water partition coefficient (Wildman–Crippen LogP) is 2.83. The number of benzene rings is 1. The SMILES string of the molecule is Cc1noc(C)c1CC(=O)NCCN1C(=O)S/C(=C\c2ccc(F)cc2)C1=O. The number of hydrogen-bond donors (Lipinski definition) is 1. The number of hydrogen-bond acceptors (Lipinski definition) is 6. The Balaban J connectivity index is 1.54. The summed E-state index contributed by atoms with van der Waals surface area (Å²) >= 11 is 0.819. The van der Waals surface area contributed by atoms with Crippen LogP contribution in [-0.2, 0) is 16.0 Å². The highest BCUT2D eigenvalue weighted by atomic mass is 32.2. The van der Waals surface area contributed by atoms with Gasteiger partial charge >= 0.3 is 0 Å². The zero-order chi connectivity index (χ0) is 20.3. The Morgan fingerprint density at radius 2 is 2.00 bits per heavy atom. The Kier molecular flexibility index (Phi) is 5.93. The van der Waals surface area contributed by atoms with Crippen LogP contribution in [0.1, 0.15) is 22.6 Å². The van der Waals surface area contributed by atoms with E-state index in [-0.39, 0.29) is 36.1 Å². The first-order chi connectivity index (χ1) is 13.3. The van der Waals surface area contributed by atoms with Gasteiger partial charge in [-0.3, -0.25) is 19.3 Å². The molecule has 0 saturated carbocycles. The van der Waals surface area contributed by atoms with Crippen molar-refractivity contribution in [2.75, 3.05) is 13.1 Å². The standard InChI is InChI=1S/C19H18FN3O4S/c1-11-15(12(2)27-22-11)10-17(24)21-7-8-23-18(25)16(28-19(23)26)9-13-3-5-14(20)6-4-13/h3-6,9H,7-8,10H2,1-2H3,(H,21,24)/b16-9-. The van der Waals surface area contributed by atoms with Gasteiger partial charge in [-0.25, -0.2) is 4.39 Å². The lowest BCUT2D eigenvalue weighted by Gasteiger charge is -2.13. The predicted molar refractivity (Wildman–Crippen MR) is 102 cm³/mol. The highest BCUT2D eigenvalue weighted by Crippen LogP contribution is 2.31. The topological polar surface area (TPSA) is 92.5 Å². The van der Waals surface area contributed by atoms with Crippen LogP contribution in [0.4, 0.5) is 9.18 Å². The summed E-state index contributed by atoms with van der Waals surface area (Å²) in [6.45, 7) is 3.70. The molecule has 0 atom stereocenters. The van der Waals surface area contributed by atoms with Crippen molar-refractivity contribution in [3.63, 3.8) is 0 Å². The maximum absolute atomic E-state index is 13.0. The van der Waals surface area contributed by atoms with E-state index in [0.29, 0.717) is 17.0 Å². The van der Waals surface area contributed by atoms with Crippen molar-refractivity contribution < 1.29 is 23.3 Å². The lowest BCUT2D eigenvalue weighted by molar-refractivity contribution is -0.124. The minimum Gasteiger partial charge on any atom is -0.361 e. The van der Waals surface area contributed by atoms with Gasteiger partial charge in [-0.05, 0) is 49.4 Å². The molecule has 0 spiro atoms. The average molecular weight is 403 g/mol. The Labute approximate surface area is 164 Å². The van der Waals surface area contributed by atoms with E-state index in [1.54, 1.807) is 19.9 Å². The average Bonchev–Trinajstić information content (AvgIpc) is 3.11. The van der Waals surface area contributed by atoms with Crippen LogP contribution >= 0.6 is 11.8 Å². The fraction of sp³-hybridized carbons (Fsp3) is 0.263. The molecule has 1 aromatic carbocycles. The maximum Gasteiger partial charge on any atom is 0.293 e. The maximum atomic E-state index is 13.0. The third-order valence-electron chi connectivity index (χ3n) is 4.22. The molecule has 1 saturated heterocycles. The van der Waals surface area contributed by atoms with Crippen molar-refractivity contribution in [3.8, 4) is 0 Å². The highest BCUT2D eigenvalue weighted by molar-refractivity contribution is 8.18. The second-order valence-electron chi connectivity index (χ2n) is 6.21. The Bertz CT molecular complexity index is 933. The van der Waals surface area contributed by atoms with Gasteiger partial charge in [0.2, 0.25) is 5.91 Å². The Hall–Kier alpha value is -2.94. The van der Waals surface area contributed by atoms with E-state index in [1.165, 1.54) is 24.3 Å². The van der Waals surface area contributed by atoms with Crippen LogP contribution in [0.15, 0.2) is 33.7 Å². The molecule has 1 fully saturated rings. The molecule has 7 nitrogen and oxygen atoms in total. The monoisotopic (exact) mass is 403 g/mol. The summed E-state index contributed by atoms with van der Waals surface area (Å²) in [5.74, 6) is -0.468. The van der Waals surface area contributed by atoms with Crippen molar-refractivity contribution >= 4 is 34.9 Å². The fourth-order valence-corrected chi connectivity index (χ4v) is 3.55. The molecule has 1 aliphatic heterocycles. The van der Waals surface area contributed by atoms with Crippen LogP contribution in [0.3, 0.4) is 0 Å². The molecule has 28 heavy (non-hydrogen) atoms. The van der Waals surface area contributed by atoms with Gasteiger partial charge in [-0.1, -0.05) is 17.3 Å².